The number of imide groups is 1. The first-order valence-corrected chi connectivity index (χ1v) is 25.7. The number of anilines is 4. The van der Waals surface area contributed by atoms with Crippen LogP contribution < -0.4 is 31.1 Å². The maximum atomic E-state index is 15.7. The van der Waals surface area contributed by atoms with E-state index in [1.165, 1.54) is 25.0 Å². The van der Waals surface area contributed by atoms with Crippen LogP contribution in [0.5, 0.6) is 0 Å². The molecular weight excluding hydrogens is 895 g/mol. The highest BCUT2D eigenvalue weighted by Gasteiger charge is 2.43. The molecule has 0 radical (unpaired) electrons. The van der Waals surface area contributed by atoms with Crippen LogP contribution in [0.25, 0.3) is 0 Å². The van der Waals surface area contributed by atoms with Gasteiger partial charge < -0.3 is 40.4 Å². The molecule has 3 aromatic rings. The maximum absolute atomic E-state index is 15.7. The van der Waals surface area contributed by atoms with E-state index in [1.807, 2.05) is 24.3 Å². The second-order valence-electron chi connectivity index (χ2n) is 21.6. The minimum atomic E-state index is -0.618. The summed E-state index contributed by atoms with van der Waals surface area (Å²) in [5.41, 5.74) is 2.71. The number of fused-ring (bicyclic) bond motifs is 1. The van der Waals surface area contributed by atoms with Gasteiger partial charge in [-0.05, 0) is 134 Å². The highest BCUT2D eigenvalue weighted by molar-refractivity contribution is 6.06. The minimum Gasteiger partial charge on any atom is -0.385 e. The topological polar surface area (TPSA) is 162 Å². The zero-order valence-electron chi connectivity index (χ0n) is 41.3. The maximum Gasteiger partial charge on any atom is 0.255 e. The van der Waals surface area contributed by atoms with Crippen molar-refractivity contribution in [2.45, 2.75) is 103 Å². The van der Waals surface area contributed by atoms with Crippen molar-refractivity contribution in [3.8, 4) is 0 Å². The number of piperidine rings is 3. The quantitative estimate of drug-likeness (QED) is 0.0991. The first-order chi connectivity index (χ1) is 33.7. The molecule has 4 N–H and O–H groups in total. The zero-order valence-corrected chi connectivity index (χ0v) is 41.3. The number of likely N-dealkylation sites (tertiary alicyclic amines) is 2. The Morgan fingerprint density at radius 2 is 1.63 bits per heavy atom. The first kappa shape index (κ1) is 49.5. The third kappa shape index (κ3) is 11.8. The lowest BCUT2D eigenvalue weighted by atomic mass is 9.82. The molecule has 0 bridgehead atoms. The summed E-state index contributed by atoms with van der Waals surface area (Å²) in [6.45, 7) is 15.5. The van der Waals surface area contributed by atoms with Crippen molar-refractivity contribution in [1.29, 1.82) is 0 Å². The molecular formula is C52H72F2N12O4. The number of hydrogen-bond acceptors (Lipinski definition) is 13. The lowest BCUT2D eigenvalue weighted by molar-refractivity contribution is -0.137. The molecule has 1 aromatic heterocycles. The second kappa shape index (κ2) is 21.5. The van der Waals surface area contributed by atoms with Crippen LogP contribution in [0.4, 0.5) is 31.8 Å². The molecule has 7 heterocycles. The molecule has 378 valence electrons. The first-order valence-electron chi connectivity index (χ1n) is 25.7. The van der Waals surface area contributed by atoms with Gasteiger partial charge in [-0.1, -0.05) is 19.9 Å². The molecule has 2 aromatic carbocycles. The van der Waals surface area contributed by atoms with E-state index in [4.69, 9.17) is 0 Å². The van der Waals surface area contributed by atoms with Crippen LogP contribution in [-0.2, 0) is 27.5 Å². The normalized spacial score (nSPS) is 22.7. The lowest BCUT2D eigenvalue weighted by Crippen LogP contribution is -2.66. The lowest BCUT2D eigenvalue weighted by Gasteiger charge is -2.48. The van der Waals surface area contributed by atoms with Gasteiger partial charge in [-0.2, -0.15) is 0 Å². The summed E-state index contributed by atoms with van der Waals surface area (Å²) < 4.78 is 31.2. The second-order valence-corrected chi connectivity index (χ2v) is 21.6. The number of aromatic nitrogens is 2. The minimum absolute atomic E-state index is 0.0116. The number of halogens is 2. The highest BCUT2D eigenvalue weighted by Crippen LogP contribution is 2.36. The van der Waals surface area contributed by atoms with Crippen LogP contribution in [0, 0.1) is 23.0 Å². The Kier molecular flexibility index (Phi) is 15.2. The van der Waals surface area contributed by atoms with Gasteiger partial charge in [0.05, 0.1) is 17.8 Å². The Morgan fingerprint density at radius 3 is 2.43 bits per heavy atom. The van der Waals surface area contributed by atoms with Crippen molar-refractivity contribution in [2.75, 3.05) is 113 Å². The summed E-state index contributed by atoms with van der Waals surface area (Å²) in [5.74, 6) is 0.345. The predicted octanol–water partition coefficient (Wildman–Crippen LogP) is 5.06. The van der Waals surface area contributed by atoms with E-state index in [9.17, 15) is 19.2 Å². The summed E-state index contributed by atoms with van der Waals surface area (Å²) >= 11 is 0. The Bertz CT molecular complexity index is 2390. The third-order valence-electron chi connectivity index (χ3n) is 15.9. The fourth-order valence-electron chi connectivity index (χ4n) is 11.4. The molecule has 18 heteroatoms. The number of amides is 4. The molecule has 9 rings (SSSR count). The Labute approximate surface area is 411 Å². The molecule has 16 nitrogen and oxygen atoms in total. The van der Waals surface area contributed by atoms with Gasteiger partial charge in [0.15, 0.2) is 0 Å². The number of carbonyl (C=O) groups is 4. The van der Waals surface area contributed by atoms with E-state index >= 15 is 8.78 Å². The van der Waals surface area contributed by atoms with Crippen molar-refractivity contribution in [1.82, 2.24) is 40.2 Å². The molecule has 1 unspecified atom stereocenters. The molecule has 0 saturated carbocycles. The van der Waals surface area contributed by atoms with E-state index in [0.717, 1.165) is 107 Å². The molecule has 4 amide bonds. The third-order valence-corrected chi connectivity index (χ3v) is 15.9. The van der Waals surface area contributed by atoms with Gasteiger partial charge in [-0.15, -0.1) is 0 Å². The van der Waals surface area contributed by atoms with Gasteiger partial charge in [0, 0.05) is 93.3 Å². The molecule has 1 spiro atoms. The van der Waals surface area contributed by atoms with Gasteiger partial charge in [0.25, 0.3) is 5.91 Å². The molecule has 6 aliphatic rings. The van der Waals surface area contributed by atoms with Crippen LogP contribution in [0.15, 0.2) is 42.7 Å². The number of nitrogens with one attached hydrogen (secondary N) is 4. The van der Waals surface area contributed by atoms with Crippen molar-refractivity contribution >= 4 is 46.6 Å². The summed E-state index contributed by atoms with van der Waals surface area (Å²) in [7, 11) is 2.19. The Morgan fingerprint density at radius 1 is 0.829 bits per heavy atom. The van der Waals surface area contributed by atoms with E-state index in [0.29, 0.717) is 69.0 Å². The largest absolute Gasteiger partial charge is 0.385 e. The van der Waals surface area contributed by atoms with E-state index in [1.54, 1.807) is 16.1 Å². The van der Waals surface area contributed by atoms with Crippen molar-refractivity contribution in [3.05, 3.63) is 71.1 Å². The molecule has 6 aliphatic heterocycles. The van der Waals surface area contributed by atoms with Gasteiger partial charge in [-0.25, -0.2) is 18.7 Å². The fraction of sp³-hybridized carbons (Fsp3) is 0.615. The van der Waals surface area contributed by atoms with Crippen molar-refractivity contribution in [3.63, 3.8) is 0 Å². The SMILES string of the molecule is CN(CCCNc1cc(N2CCC3(CC2)CN(c2cc(F)c(CN4CCC(C)(C)CC4)cc2F)CC(=O)N3)ncn1)CC[C@@H]1CCN(CCCNc2cccc3c2CN(C2CCC(=O)NC2=O)C3=O)C1. The van der Waals surface area contributed by atoms with Crippen LogP contribution >= 0.6 is 0 Å². The van der Waals surface area contributed by atoms with E-state index in [2.05, 4.69) is 71.7 Å². The molecule has 0 aliphatic carbocycles. The molecule has 5 saturated heterocycles. The van der Waals surface area contributed by atoms with Gasteiger partial charge in [0.2, 0.25) is 17.7 Å². The van der Waals surface area contributed by atoms with Crippen molar-refractivity contribution < 1.29 is 28.0 Å². The average molecular weight is 967 g/mol. The highest BCUT2D eigenvalue weighted by atomic mass is 19.1. The Balaban J connectivity index is 0.655. The van der Waals surface area contributed by atoms with Gasteiger partial charge in [0.1, 0.15) is 35.6 Å². The predicted molar refractivity (Wildman–Crippen MR) is 267 cm³/mol. The summed E-state index contributed by atoms with van der Waals surface area (Å²) in [4.78, 5) is 72.2. The number of carbonyl (C=O) groups excluding carboxylic acids is 4. The van der Waals surface area contributed by atoms with Gasteiger partial charge in [-0.3, -0.25) is 29.4 Å². The summed E-state index contributed by atoms with van der Waals surface area (Å²) in [6.07, 6.45) is 9.88. The number of nitrogens with zero attached hydrogens (tertiary/aromatic N) is 8. The summed E-state index contributed by atoms with van der Waals surface area (Å²) in [6, 6.07) is 9.68. The van der Waals surface area contributed by atoms with Crippen LogP contribution in [-0.4, -0.2) is 157 Å². The fourth-order valence-corrected chi connectivity index (χ4v) is 11.4. The Hall–Kier alpha value is -5.46. The van der Waals surface area contributed by atoms with E-state index in [-0.39, 0.29) is 41.8 Å². The standard InChI is InChI=1S/C52H72F2N12O4/c1-51(2)13-23-63(24-14-51)31-37-27-41(54)44(28-40(37)53)65-33-48(68)60-52(34-65)15-25-64(26-16-52)46-29-45(57-35-58-46)56-18-5-19-61(3)21-11-36-12-22-62(30-36)20-6-17-55-42-8-4-7-38-39(42)32-66(50(38)70)43-9-10-47(67)59-49(43)69/h4,7-8,27-29,35-36,43,55H,5-6,9-26,30-34H2,1-3H3,(H,60,68)(H,56,57,58)(H,59,67,69)/t36-,43?/m1/s1. The smallest absolute Gasteiger partial charge is 0.255 e. The molecule has 70 heavy (non-hydrogen) atoms. The number of piperazine rings is 1. The zero-order chi connectivity index (χ0) is 49.0. The molecule has 5 fully saturated rings. The van der Waals surface area contributed by atoms with Crippen LogP contribution in [0.2, 0.25) is 0 Å². The number of hydrogen-bond donors (Lipinski definition) is 4. The summed E-state index contributed by atoms with van der Waals surface area (Å²) in [5, 5.41) is 12.6. The number of rotatable bonds is 18. The average Bonchev–Trinajstić information content (AvgIpc) is 3.94. The molecule has 2 atom stereocenters. The van der Waals surface area contributed by atoms with Crippen molar-refractivity contribution in [2.24, 2.45) is 11.3 Å². The number of benzene rings is 2. The van der Waals surface area contributed by atoms with Gasteiger partial charge >= 0.3 is 0 Å². The van der Waals surface area contributed by atoms with E-state index < -0.39 is 29.1 Å². The van der Waals surface area contributed by atoms with Crippen LogP contribution in [0.3, 0.4) is 0 Å². The monoisotopic (exact) mass is 967 g/mol. The van der Waals surface area contributed by atoms with Crippen LogP contribution in [0.1, 0.15) is 99.5 Å².